The highest BCUT2D eigenvalue weighted by Crippen LogP contribution is 2.15. The maximum absolute atomic E-state index is 11.4. The SMILES string of the molecule is CC(=O)c1cccnc1OCCN1CCCC1. The van der Waals surface area contributed by atoms with Crippen LogP contribution in [0.4, 0.5) is 0 Å². The zero-order chi connectivity index (χ0) is 12.1. The maximum Gasteiger partial charge on any atom is 0.224 e. The van der Waals surface area contributed by atoms with Crippen molar-refractivity contribution < 1.29 is 9.53 Å². The van der Waals surface area contributed by atoms with E-state index in [1.165, 1.54) is 19.8 Å². The Bertz CT molecular complexity index is 387. The Labute approximate surface area is 102 Å². The van der Waals surface area contributed by atoms with Crippen molar-refractivity contribution >= 4 is 5.78 Å². The van der Waals surface area contributed by atoms with Gasteiger partial charge in [-0.1, -0.05) is 0 Å². The van der Waals surface area contributed by atoms with Crippen LogP contribution in [0.15, 0.2) is 18.3 Å². The van der Waals surface area contributed by atoms with Gasteiger partial charge in [0.1, 0.15) is 6.61 Å². The largest absolute Gasteiger partial charge is 0.476 e. The van der Waals surface area contributed by atoms with Crippen LogP contribution in [0.5, 0.6) is 5.88 Å². The maximum atomic E-state index is 11.4. The lowest BCUT2D eigenvalue weighted by molar-refractivity contribution is 0.101. The van der Waals surface area contributed by atoms with Gasteiger partial charge in [-0.05, 0) is 45.0 Å². The normalized spacial score (nSPS) is 16.1. The second-order valence-corrected chi connectivity index (χ2v) is 4.31. The zero-order valence-corrected chi connectivity index (χ0v) is 10.2. The van der Waals surface area contributed by atoms with Crippen molar-refractivity contribution in [3.63, 3.8) is 0 Å². The molecule has 92 valence electrons. The van der Waals surface area contributed by atoms with Crippen molar-refractivity contribution in [1.29, 1.82) is 0 Å². The van der Waals surface area contributed by atoms with Gasteiger partial charge in [0.25, 0.3) is 0 Å². The number of ether oxygens (including phenoxy) is 1. The number of carbonyl (C=O) groups excluding carboxylic acids is 1. The van der Waals surface area contributed by atoms with E-state index in [-0.39, 0.29) is 5.78 Å². The average molecular weight is 234 g/mol. The molecule has 4 nitrogen and oxygen atoms in total. The number of aromatic nitrogens is 1. The molecule has 1 aliphatic rings. The summed E-state index contributed by atoms with van der Waals surface area (Å²) in [6.07, 6.45) is 4.21. The Balaban J connectivity index is 1.87. The number of Topliss-reactive ketones (excluding diaryl/α,β-unsaturated/α-hetero) is 1. The molecule has 0 radical (unpaired) electrons. The molecule has 0 spiro atoms. The summed E-state index contributed by atoms with van der Waals surface area (Å²) < 4.78 is 5.59. The van der Waals surface area contributed by atoms with Gasteiger partial charge in [-0.15, -0.1) is 0 Å². The number of pyridine rings is 1. The Morgan fingerprint density at radius 2 is 2.24 bits per heavy atom. The Kier molecular flexibility index (Phi) is 4.09. The molecule has 2 heterocycles. The number of carbonyl (C=O) groups is 1. The van der Waals surface area contributed by atoms with Crippen LogP contribution in [0, 0.1) is 0 Å². The molecule has 1 fully saturated rings. The third-order valence-electron chi connectivity index (χ3n) is 3.00. The van der Waals surface area contributed by atoms with E-state index in [0.29, 0.717) is 18.1 Å². The first-order valence-corrected chi connectivity index (χ1v) is 6.08. The van der Waals surface area contributed by atoms with Crippen LogP contribution in [0.2, 0.25) is 0 Å². The van der Waals surface area contributed by atoms with Gasteiger partial charge in [-0.25, -0.2) is 4.98 Å². The van der Waals surface area contributed by atoms with Gasteiger partial charge >= 0.3 is 0 Å². The summed E-state index contributed by atoms with van der Waals surface area (Å²) in [6, 6.07) is 3.50. The summed E-state index contributed by atoms with van der Waals surface area (Å²) in [4.78, 5) is 17.8. The number of hydrogen-bond donors (Lipinski definition) is 0. The summed E-state index contributed by atoms with van der Waals surface area (Å²) in [5, 5.41) is 0. The highest BCUT2D eigenvalue weighted by atomic mass is 16.5. The second-order valence-electron chi connectivity index (χ2n) is 4.31. The molecule has 0 aromatic carbocycles. The van der Waals surface area contributed by atoms with E-state index in [9.17, 15) is 4.79 Å². The Hall–Kier alpha value is -1.42. The van der Waals surface area contributed by atoms with E-state index in [1.54, 1.807) is 18.3 Å². The molecule has 0 atom stereocenters. The molecule has 0 N–H and O–H groups in total. The van der Waals surface area contributed by atoms with Crippen LogP contribution < -0.4 is 4.74 Å². The van der Waals surface area contributed by atoms with E-state index in [1.807, 2.05) is 0 Å². The van der Waals surface area contributed by atoms with Gasteiger partial charge < -0.3 is 4.74 Å². The molecule has 17 heavy (non-hydrogen) atoms. The van der Waals surface area contributed by atoms with Crippen molar-refractivity contribution in [2.24, 2.45) is 0 Å². The van der Waals surface area contributed by atoms with E-state index in [4.69, 9.17) is 4.74 Å². The van der Waals surface area contributed by atoms with Gasteiger partial charge in [-0.3, -0.25) is 9.69 Å². The third kappa shape index (κ3) is 3.27. The minimum atomic E-state index is -0.00530. The van der Waals surface area contributed by atoms with E-state index < -0.39 is 0 Å². The molecule has 1 aromatic rings. The van der Waals surface area contributed by atoms with Crippen molar-refractivity contribution in [3.8, 4) is 5.88 Å². The molecule has 0 aliphatic carbocycles. The Morgan fingerprint density at radius 1 is 1.47 bits per heavy atom. The number of ketones is 1. The van der Waals surface area contributed by atoms with Gasteiger partial charge in [0.15, 0.2) is 5.78 Å². The van der Waals surface area contributed by atoms with Gasteiger partial charge in [0.2, 0.25) is 5.88 Å². The molecule has 0 bridgehead atoms. The smallest absolute Gasteiger partial charge is 0.224 e. The van der Waals surface area contributed by atoms with Gasteiger partial charge in [0.05, 0.1) is 5.56 Å². The zero-order valence-electron chi connectivity index (χ0n) is 10.2. The molecule has 4 heteroatoms. The van der Waals surface area contributed by atoms with Crippen molar-refractivity contribution in [3.05, 3.63) is 23.9 Å². The lowest BCUT2D eigenvalue weighted by Crippen LogP contribution is -2.25. The lowest BCUT2D eigenvalue weighted by atomic mass is 10.2. The van der Waals surface area contributed by atoms with Crippen LogP contribution in [0.1, 0.15) is 30.1 Å². The number of rotatable bonds is 5. The minimum absolute atomic E-state index is 0.00530. The number of hydrogen-bond acceptors (Lipinski definition) is 4. The first-order chi connectivity index (χ1) is 8.27. The third-order valence-corrected chi connectivity index (χ3v) is 3.00. The number of likely N-dealkylation sites (tertiary alicyclic amines) is 1. The van der Waals surface area contributed by atoms with E-state index in [0.717, 1.165) is 19.6 Å². The molecule has 1 aromatic heterocycles. The van der Waals surface area contributed by atoms with Gasteiger partial charge in [0, 0.05) is 12.7 Å². The molecule has 0 unspecified atom stereocenters. The topological polar surface area (TPSA) is 42.4 Å². The fraction of sp³-hybridized carbons (Fsp3) is 0.538. The number of nitrogens with zero attached hydrogens (tertiary/aromatic N) is 2. The van der Waals surface area contributed by atoms with Gasteiger partial charge in [-0.2, -0.15) is 0 Å². The van der Waals surface area contributed by atoms with E-state index >= 15 is 0 Å². The van der Waals surface area contributed by atoms with Crippen molar-refractivity contribution in [1.82, 2.24) is 9.88 Å². The highest BCUT2D eigenvalue weighted by molar-refractivity contribution is 5.96. The highest BCUT2D eigenvalue weighted by Gasteiger charge is 2.12. The summed E-state index contributed by atoms with van der Waals surface area (Å²) in [5.41, 5.74) is 0.564. The molecule has 1 saturated heterocycles. The molecule has 2 rings (SSSR count). The summed E-state index contributed by atoms with van der Waals surface area (Å²) in [5.74, 6) is 0.452. The molecule has 0 saturated carbocycles. The molecule has 1 aliphatic heterocycles. The van der Waals surface area contributed by atoms with Crippen LogP contribution in [0.3, 0.4) is 0 Å². The lowest BCUT2D eigenvalue weighted by Gasteiger charge is -2.15. The van der Waals surface area contributed by atoms with Crippen molar-refractivity contribution in [2.75, 3.05) is 26.2 Å². The summed E-state index contributed by atoms with van der Waals surface area (Å²) in [7, 11) is 0. The molecule has 0 amide bonds. The molecular formula is C13H18N2O2. The second kappa shape index (κ2) is 5.77. The van der Waals surface area contributed by atoms with E-state index in [2.05, 4.69) is 9.88 Å². The molecular weight excluding hydrogens is 216 g/mol. The van der Waals surface area contributed by atoms with Crippen LogP contribution in [-0.4, -0.2) is 41.9 Å². The summed E-state index contributed by atoms with van der Waals surface area (Å²) in [6.45, 7) is 5.35. The first kappa shape index (κ1) is 12.0. The van der Waals surface area contributed by atoms with Crippen LogP contribution >= 0.6 is 0 Å². The monoisotopic (exact) mass is 234 g/mol. The summed E-state index contributed by atoms with van der Waals surface area (Å²) >= 11 is 0. The standard InChI is InChI=1S/C13H18N2O2/c1-11(16)12-5-4-6-14-13(12)17-10-9-15-7-2-3-8-15/h4-6H,2-3,7-10H2,1H3. The first-order valence-electron chi connectivity index (χ1n) is 6.08. The fourth-order valence-corrected chi connectivity index (χ4v) is 2.05. The van der Waals surface area contributed by atoms with Crippen molar-refractivity contribution in [2.45, 2.75) is 19.8 Å². The predicted molar refractivity (Wildman–Crippen MR) is 65.4 cm³/mol. The fourth-order valence-electron chi connectivity index (χ4n) is 2.05. The quantitative estimate of drug-likeness (QED) is 0.728. The van der Waals surface area contributed by atoms with Crippen LogP contribution in [-0.2, 0) is 0 Å². The average Bonchev–Trinajstić information content (AvgIpc) is 2.82. The predicted octanol–water partition coefficient (Wildman–Crippen LogP) is 1.76. The van der Waals surface area contributed by atoms with Crippen LogP contribution in [0.25, 0.3) is 0 Å². The Morgan fingerprint density at radius 3 is 2.94 bits per heavy atom. The minimum Gasteiger partial charge on any atom is -0.476 e.